The van der Waals surface area contributed by atoms with Crippen molar-refractivity contribution in [2.75, 3.05) is 6.61 Å². The second kappa shape index (κ2) is 5.89. The maximum absolute atomic E-state index is 12.7. The topological polar surface area (TPSA) is 92.7 Å². The van der Waals surface area contributed by atoms with E-state index in [4.69, 9.17) is 4.74 Å². The van der Waals surface area contributed by atoms with Crippen LogP contribution in [0.3, 0.4) is 0 Å². The van der Waals surface area contributed by atoms with Gasteiger partial charge in [0.25, 0.3) is 0 Å². The van der Waals surface area contributed by atoms with Crippen molar-refractivity contribution in [3.8, 4) is 0 Å². The van der Waals surface area contributed by atoms with Gasteiger partial charge in [-0.2, -0.15) is 0 Å². The van der Waals surface area contributed by atoms with Gasteiger partial charge in [0.15, 0.2) is 0 Å². The molecule has 0 aromatic heterocycles. The first-order chi connectivity index (χ1) is 10.8. The van der Waals surface area contributed by atoms with E-state index in [-0.39, 0.29) is 4.90 Å². The van der Waals surface area contributed by atoms with Crippen LogP contribution in [0.5, 0.6) is 0 Å². The fourth-order valence-electron chi connectivity index (χ4n) is 3.56. The summed E-state index contributed by atoms with van der Waals surface area (Å²) in [6, 6.07) is 5.03. The Morgan fingerprint density at radius 1 is 1.39 bits per heavy atom. The van der Waals surface area contributed by atoms with Gasteiger partial charge in [0.1, 0.15) is 0 Å². The molecule has 1 aliphatic carbocycles. The minimum absolute atomic E-state index is 0.166. The van der Waals surface area contributed by atoms with Crippen molar-refractivity contribution in [2.45, 2.75) is 49.6 Å². The molecule has 0 unspecified atom stereocenters. The minimum Gasteiger partial charge on any atom is -0.481 e. The van der Waals surface area contributed by atoms with E-state index in [9.17, 15) is 18.3 Å². The summed E-state index contributed by atoms with van der Waals surface area (Å²) in [6.45, 7) is 2.74. The van der Waals surface area contributed by atoms with E-state index in [2.05, 4.69) is 4.72 Å². The Hall–Kier alpha value is -1.44. The number of sulfonamides is 1. The quantitative estimate of drug-likeness (QED) is 0.871. The van der Waals surface area contributed by atoms with Crippen LogP contribution in [0.1, 0.15) is 37.3 Å². The monoisotopic (exact) mass is 339 g/mol. The number of hydrogen-bond donors (Lipinski definition) is 2. The normalized spacial score (nSPS) is 27.6. The average Bonchev–Trinajstić information content (AvgIpc) is 2.87. The van der Waals surface area contributed by atoms with Crippen LogP contribution in [0.25, 0.3) is 0 Å². The molecule has 1 heterocycles. The molecule has 0 amide bonds. The average molecular weight is 339 g/mol. The van der Waals surface area contributed by atoms with E-state index >= 15 is 0 Å². The number of carbonyl (C=O) groups is 1. The summed E-state index contributed by atoms with van der Waals surface area (Å²) in [7, 11) is -3.77. The van der Waals surface area contributed by atoms with E-state index in [0.29, 0.717) is 32.5 Å². The van der Waals surface area contributed by atoms with Crippen molar-refractivity contribution < 1.29 is 23.1 Å². The van der Waals surface area contributed by atoms with Crippen molar-refractivity contribution in [1.82, 2.24) is 4.72 Å². The van der Waals surface area contributed by atoms with Gasteiger partial charge in [0, 0.05) is 5.54 Å². The molecule has 1 aromatic carbocycles. The Morgan fingerprint density at radius 3 is 2.91 bits per heavy atom. The number of ether oxygens (including phenoxy) is 1. The van der Waals surface area contributed by atoms with E-state index in [0.717, 1.165) is 17.5 Å². The third-order valence-electron chi connectivity index (χ3n) is 4.88. The molecule has 126 valence electrons. The van der Waals surface area contributed by atoms with Crippen LogP contribution >= 0.6 is 0 Å². The predicted molar refractivity (Wildman–Crippen MR) is 83.5 cm³/mol. The van der Waals surface area contributed by atoms with Gasteiger partial charge >= 0.3 is 5.97 Å². The Labute approximate surface area is 135 Å². The molecule has 7 heteroatoms. The Morgan fingerprint density at radius 2 is 2.17 bits per heavy atom. The first-order valence-electron chi connectivity index (χ1n) is 7.78. The molecule has 2 N–H and O–H groups in total. The highest BCUT2D eigenvalue weighted by molar-refractivity contribution is 7.89. The maximum atomic E-state index is 12.7. The summed E-state index contributed by atoms with van der Waals surface area (Å²) >= 11 is 0. The summed E-state index contributed by atoms with van der Waals surface area (Å²) in [5.74, 6) is -1.65. The molecule has 1 saturated carbocycles. The Balaban J connectivity index is 1.88. The largest absolute Gasteiger partial charge is 0.481 e. The number of carboxylic acid groups (broad SMARTS) is 1. The molecular weight excluding hydrogens is 318 g/mol. The summed E-state index contributed by atoms with van der Waals surface area (Å²) in [5.41, 5.74) is 1.04. The number of nitrogens with one attached hydrogen (secondary N) is 1. The number of benzene rings is 1. The highest BCUT2D eigenvalue weighted by Crippen LogP contribution is 2.37. The standard InChI is InChI=1S/C16H21NO5S/c1-16(7-2-3-14(16)15(18)19)17-23(20,21)13-5-4-11-6-8-22-10-12(11)9-13/h4-5,9,14,17H,2-3,6-8,10H2,1H3,(H,18,19)/t14-,16-/m0/s1. The summed E-state index contributed by atoms with van der Waals surface area (Å²) in [5, 5.41) is 9.32. The lowest BCUT2D eigenvalue weighted by atomic mass is 9.90. The van der Waals surface area contributed by atoms with Crippen molar-refractivity contribution in [3.05, 3.63) is 29.3 Å². The van der Waals surface area contributed by atoms with Crippen molar-refractivity contribution in [3.63, 3.8) is 0 Å². The van der Waals surface area contributed by atoms with E-state index in [1.165, 1.54) is 0 Å². The van der Waals surface area contributed by atoms with Crippen molar-refractivity contribution in [1.29, 1.82) is 0 Å². The fraction of sp³-hybridized carbons (Fsp3) is 0.562. The molecule has 0 spiro atoms. The zero-order chi connectivity index (χ0) is 16.7. The first kappa shape index (κ1) is 16.4. The van der Waals surface area contributed by atoms with Crippen LogP contribution in [-0.4, -0.2) is 31.6 Å². The van der Waals surface area contributed by atoms with Gasteiger partial charge < -0.3 is 9.84 Å². The third-order valence-corrected chi connectivity index (χ3v) is 6.49. The molecule has 1 aliphatic heterocycles. The van der Waals surface area contributed by atoms with Gasteiger partial charge in [-0.1, -0.05) is 12.5 Å². The predicted octanol–water partition coefficient (Wildman–Crippen LogP) is 1.68. The zero-order valence-corrected chi connectivity index (χ0v) is 13.9. The highest BCUT2D eigenvalue weighted by Gasteiger charge is 2.45. The van der Waals surface area contributed by atoms with Crippen LogP contribution in [0.15, 0.2) is 23.1 Å². The second-order valence-corrected chi connectivity index (χ2v) is 8.22. The molecular formula is C16H21NO5S. The molecule has 6 nitrogen and oxygen atoms in total. The number of carboxylic acids is 1. The molecule has 0 saturated heterocycles. The van der Waals surface area contributed by atoms with Crippen LogP contribution < -0.4 is 4.72 Å². The summed E-state index contributed by atoms with van der Waals surface area (Å²) in [6.07, 6.45) is 2.50. The highest BCUT2D eigenvalue weighted by atomic mass is 32.2. The van der Waals surface area contributed by atoms with Gasteiger partial charge in [-0.25, -0.2) is 13.1 Å². The van der Waals surface area contributed by atoms with Gasteiger partial charge in [-0.15, -0.1) is 0 Å². The lowest BCUT2D eigenvalue weighted by molar-refractivity contribution is -0.143. The van der Waals surface area contributed by atoms with Crippen LogP contribution in [-0.2, 0) is 32.6 Å². The molecule has 2 atom stereocenters. The fourth-order valence-corrected chi connectivity index (χ4v) is 5.08. The summed E-state index contributed by atoms with van der Waals surface area (Å²) in [4.78, 5) is 11.5. The number of aliphatic carboxylic acids is 1. The smallest absolute Gasteiger partial charge is 0.308 e. The molecule has 1 fully saturated rings. The molecule has 1 aromatic rings. The van der Waals surface area contributed by atoms with Gasteiger partial charge in [0.05, 0.1) is 24.0 Å². The maximum Gasteiger partial charge on any atom is 0.308 e. The van der Waals surface area contributed by atoms with E-state index in [1.54, 1.807) is 19.1 Å². The Bertz CT molecular complexity index is 730. The second-order valence-electron chi connectivity index (χ2n) is 6.54. The minimum atomic E-state index is -3.77. The molecule has 3 rings (SSSR count). The lowest BCUT2D eigenvalue weighted by Gasteiger charge is -2.30. The van der Waals surface area contributed by atoms with Crippen molar-refractivity contribution >= 4 is 16.0 Å². The Kier molecular flexibility index (Phi) is 4.20. The van der Waals surface area contributed by atoms with Crippen molar-refractivity contribution in [2.24, 2.45) is 5.92 Å². The zero-order valence-electron chi connectivity index (χ0n) is 13.0. The molecule has 0 radical (unpaired) electrons. The first-order valence-corrected chi connectivity index (χ1v) is 9.26. The van der Waals surface area contributed by atoms with Gasteiger partial charge in [-0.05, 0) is 49.4 Å². The van der Waals surface area contributed by atoms with E-state index < -0.39 is 27.4 Å². The summed E-state index contributed by atoms with van der Waals surface area (Å²) < 4.78 is 33.4. The molecule has 0 bridgehead atoms. The van der Waals surface area contributed by atoms with Gasteiger partial charge in [0.2, 0.25) is 10.0 Å². The van der Waals surface area contributed by atoms with Crippen LogP contribution in [0.4, 0.5) is 0 Å². The van der Waals surface area contributed by atoms with Crippen LogP contribution in [0, 0.1) is 5.92 Å². The molecule has 2 aliphatic rings. The van der Waals surface area contributed by atoms with Gasteiger partial charge in [-0.3, -0.25) is 4.79 Å². The lowest BCUT2D eigenvalue weighted by Crippen LogP contribution is -2.50. The number of hydrogen-bond acceptors (Lipinski definition) is 4. The van der Waals surface area contributed by atoms with E-state index in [1.807, 2.05) is 6.07 Å². The number of rotatable bonds is 4. The molecule has 23 heavy (non-hydrogen) atoms. The van der Waals surface area contributed by atoms with Crippen LogP contribution in [0.2, 0.25) is 0 Å². The SMILES string of the molecule is C[C@]1(NS(=O)(=O)c2ccc3c(c2)COCC3)CCC[C@H]1C(=O)O. The number of fused-ring (bicyclic) bond motifs is 1. The third kappa shape index (κ3) is 3.13.